The van der Waals surface area contributed by atoms with Gasteiger partial charge >= 0.3 is 0 Å². The maximum absolute atomic E-state index is 12.4. The summed E-state index contributed by atoms with van der Waals surface area (Å²) in [6.45, 7) is 0. The first-order chi connectivity index (χ1) is 12.7. The molecule has 1 amide bonds. The molecule has 2 aromatic heterocycles. The van der Waals surface area contributed by atoms with Gasteiger partial charge < -0.3 is 9.15 Å². The van der Waals surface area contributed by atoms with Gasteiger partial charge in [-0.15, -0.1) is 11.3 Å². The van der Waals surface area contributed by atoms with Crippen LogP contribution in [0.4, 0.5) is 5.13 Å². The zero-order valence-electron chi connectivity index (χ0n) is 13.7. The predicted octanol–water partition coefficient (Wildman–Crippen LogP) is 5.58. The maximum atomic E-state index is 12.4. The molecule has 0 fully saturated rings. The highest BCUT2D eigenvalue weighted by molar-refractivity contribution is 9.10. The largest absolute Gasteiger partial charge is 0.493 e. The van der Waals surface area contributed by atoms with Gasteiger partial charge in [-0.3, -0.25) is 10.1 Å². The molecule has 26 heavy (non-hydrogen) atoms. The molecular formula is C19H13BrN2O3S. The number of hydrogen-bond acceptors (Lipinski definition) is 5. The number of amides is 1. The van der Waals surface area contributed by atoms with Crippen LogP contribution in [-0.2, 0) is 0 Å². The van der Waals surface area contributed by atoms with Crippen molar-refractivity contribution in [3.63, 3.8) is 0 Å². The van der Waals surface area contributed by atoms with Crippen LogP contribution in [0.5, 0.6) is 5.75 Å². The van der Waals surface area contributed by atoms with E-state index in [9.17, 15) is 4.79 Å². The Labute approximate surface area is 161 Å². The van der Waals surface area contributed by atoms with Crippen molar-refractivity contribution in [2.45, 2.75) is 0 Å². The fourth-order valence-electron chi connectivity index (χ4n) is 2.58. The molecule has 2 aromatic carbocycles. The van der Waals surface area contributed by atoms with Crippen molar-refractivity contribution in [1.29, 1.82) is 0 Å². The van der Waals surface area contributed by atoms with E-state index < -0.39 is 0 Å². The first-order valence-corrected chi connectivity index (χ1v) is 9.41. The van der Waals surface area contributed by atoms with Crippen LogP contribution in [0.15, 0.2) is 62.8 Å². The molecular weight excluding hydrogens is 416 g/mol. The molecule has 0 aliphatic rings. The van der Waals surface area contributed by atoms with Crippen molar-refractivity contribution in [3.8, 4) is 17.2 Å². The monoisotopic (exact) mass is 428 g/mol. The number of aromatic nitrogens is 1. The van der Waals surface area contributed by atoms with Crippen LogP contribution in [0.25, 0.3) is 22.4 Å². The van der Waals surface area contributed by atoms with E-state index in [1.807, 2.05) is 47.8 Å². The lowest BCUT2D eigenvalue weighted by Gasteiger charge is -2.03. The number of rotatable bonds is 4. The smallest absolute Gasteiger partial charge is 0.258 e. The second kappa shape index (κ2) is 6.93. The van der Waals surface area contributed by atoms with Crippen LogP contribution < -0.4 is 10.1 Å². The molecule has 7 heteroatoms. The van der Waals surface area contributed by atoms with Gasteiger partial charge in [0.1, 0.15) is 5.69 Å². The summed E-state index contributed by atoms with van der Waals surface area (Å²) < 4.78 is 12.0. The van der Waals surface area contributed by atoms with E-state index >= 15 is 0 Å². The number of nitrogens with zero attached hydrogens (tertiary/aromatic N) is 1. The minimum absolute atomic E-state index is 0.218. The number of thiazole rings is 1. The van der Waals surface area contributed by atoms with Gasteiger partial charge in [0.25, 0.3) is 5.91 Å². The van der Waals surface area contributed by atoms with Gasteiger partial charge in [0, 0.05) is 15.2 Å². The molecule has 0 radical (unpaired) electrons. The van der Waals surface area contributed by atoms with E-state index in [1.54, 1.807) is 13.2 Å². The number of para-hydroxylation sites is 1. The number of methoxy groups -OCH3 is 1. The summed E-state index contributed by atoms with van der Waals surface area (Å²) in [6.07, 6.45) is 0. The Kier molecular flexibility index (Phi) is 4.48. The summed E-state index contributed by atoms with van der Waals surface area (Å²) in [5.41, 5.74) is 1.89. The lowest BCUT2D eigenvalue weighted by molar-refractivity contribution is 0.102. The van der Waals surface area contributed by atoms with Crippen LogP contribution in [0.3, 0.4) is 0 Å². The number of anilines is 1. The van der Waals surface area contributed by atoms with Crippen LogP contribution in [0, 0.1) is 0 Å². The average Bonchev–Trinajstić information content (AvgIpc) is 3.28. The summed E-state index contributed by atoms with van der Waals surface area (Å²) in [5, 5.41) is 6.11. The van der Waals surface area contributed by atoms with Gasteiger partial charge in [0.05, 0.1) is 12.7 Å². The molecule has 0 aliphatic carbocycles. The Morgan fingerprint density at radius 3 is 2.88 bits per heavy atom. The van der Waals surface area contributed by atoms with E-state index in [2.05, 4.69) is 26.2 Å². The fraction of sp³-hybridized carbons (Fsp3) is 0.0526. The van der Waals surface area contributed by atoms with E-state index in [1.165, 1.54) is 11.3 Å². The molecule has 2 heterocycles. The third kappa shape index (κ3) is 3.11. The predicted molar refractivity (Wildman–Crippen MR) is 106 cm³/mol. The Morgan fingerprint density at radius 2 is 2.08 bits per heavy atom. The Balaban J connectivity index is 1.60. The summed E-state index contributed by atoms with van der Waals surface area (Å²) in [5.74, 6) is 1.08. The quantitative estimate of drug-likeness (QED) is 0.460. The third-order valence-electron chi connectivity index (χ3n) is 3.82. The zero-order valence-corrected chi connectivity index (χ0v) is 16.1. The van der Waals surface area contributed by atoms with Crippen LogP contribution in [0.1, 0.15) is 10.4 Å². The summed E-state index contributed by atoms with van der Waals surface area (Å²) >= 11 is 4.72. The Morgan fingerprint density at radius 1 is 1.23 bits per heavy atom. The highest BCUT2D eigenvalue weighted by Gasteiger charge is 2.15. The number of benzene rings is 2. The SMILES string of the molecule is COc1cccc2cc(-c3csc(NC(=O)c4ccccc4Br)n3)oc12. The van der Waals surface area contributed by atoms with Gasteiger partial charge in [0.15, 0.2) is 22.2 Å². The van der Waals surface area contributed by atoms with Crippen molar-refractivity contribution in [2.75, 3.05) is 12.4 Å². The zero-order chi connectivity index (χ0) is 18.1. The minimum atomic E-state index is -0.218. The number of hydrogen-bond donors (Lipinski definition) is 1. The molecule has 4 aromatic rings. The molecule has 5 nitrogen and oxygen atoms in total. The lowest BCUT2D eigenvalue weighted by Crippen LogP contribution is -2.12. The number of fused-ring (bicyclic) bond motifs is 1. The number of carbonyl (C=O) groups is 1. The van der Waals surface area contributed by atoms with Gasteiger partial charge in [-0.25, -0.2) is 4.98 Å². The van der Waals surface area contributed by atoms with Gasteiger partial charge in [0.2, 0.25) is 0 Å². The van der Waals surface area contributed by atoms with Crippen molar-refractivity contribution < 1.29 is 13.9 Å². The van der Waals surface area contributed by atoms with E-state index in [-0.39, 0.29) is 5.91 Å². The number of carbonyl (C=O) groups excluding carboxylic acids is 1. The van der Waals surface area contributed by atoms with E-state index in [0.29, 0.717) is 33.5 Å². The first-order valence-electron chi connectivity index (χ1n) is 7.74. The molecule has 0 unspecified atom stereocenters. The Hall–Kier alpha value is -2.64. The molecule has 0 atom stereocenters. The molecule has 1 N–H and O–H groups in total. The lowest BCUT2D eigenvalue weighted by atomic mass is 10.2. The standard InChI is InChI=1S/C19H13BrN2O3S/c1-24-15-8-4-5-11-9-16(25-17(11)15)14-10-26-19(21-14)22-18(23)12-6-2-3-7-13(12)20/h2-10H,1H3,(H,21,22,23). The molecule has 0 bridgehead atoms. The van der Waals surface area contributed by atoms with Gasteiger partial charge in [-0.05, 0) is 40.2 Å². The van der Waals surface area contributed by atoms with Crippen LogP contribution >= 0.6 is 27.3 Å². The van der Waals surface area contributed by atoms with Crippen molar-refractivity contribution in [1.82, 2.24) is 4.98 Å². The average molecular weight is 429 g/mol. The molecule has 4 rings (SSSR count). The van der Waals surface area contributed by atoms with Gasteiger partial charge in [-0.2, -0.15) is 0 Å². The first kappa shape index (κ1) is 16.8. The second-order valence-electron chi connectivity index (χ2n) is 5.46. The van der Waals surface area contributed by atoms with Crippen molar-refractivity contribution in [2.24, 2.45) is 0 Å². The number of ether oxygens (including phenoxy) is 1. The number of nitrogens with one attached hydrogen (secondary N) is 1. The molecule has 0 saturated heterocycles. The van der Waals surface area contributed by atoms with Crippen molar-refractivity contribution in [3.05, 3.63) is 63.9 Å². The number of furan rings is 1. The fourth-order valence-corrected chi connectivity index (χ4v) is 3.74. The molecule has 0 spiro atoms. The van der Waals surface area contributed by atoms with E-state index in [4.69, 9.17) is 9.15 Å². The maximum Gasteiger partial charge on any atom is 0.258 e. The minimum Gasteiger partial charge on any atom is -0.493 e. The third-order valence-corrected chi connectivity index (χ3v) is 5.27. The highest BCUT2D eigenvalue weighted by atomic mass is 79.9. The highest BCUT2D eigenvalue weighted by Crippen LogP contribution is 2.34. The Bertz CT molecular complexity index is 1100. The van der Waals surface area contributed by atoms with Crippen molar-refractivity contribution >= 4 is 49.3 Å². The summed E-state index contributed by atoms with van der Waals surface area (Å²) in [6, 6.07) is 14.9. The summed E-state index contributed by atoms with van der Waals surface area (Å²) in [4.78, 5) is 16.9. The van der Waals surface area contributed by atoms with Crippen LogP contribution in [0.2, 0.25) is 0 Å². The number of halogens is 1. The molecule has 130 valence electrons. The summed E-state index contributed by atoms with van der Waals surface area (Å²) in [7, 11) is 1.61. The molecule has 0 aliphatic heterocycles. The second-order valence-corrected chi connectivity index (χ2v) is 7.17. The topological polar surface area (TPSA) is 64.4 Å². The van der Waals surface area contributed by atoms with E-state index in [0.717, 1.165) is 9.86 Å². The molecule has 0 saturated carbocycles. The van der Waals surface area contributed by atoms with Crippen LogP contribution in [-0.4, -0.2) is 18.0 Å². The normalized spacial score (nSPS) is 10.8. The van der Waals surface area contributed by atoms with Gasteiger partial charge in [-0.1, -0.05) is 24.3 Å².